The minimum absolute atomic E-state index is 0.154. The van der Waals surface area contributed by atoms with Gasteiger partial charge in [-0.25, -0.2) is 4.98 Å². The summed E-state index contributed by atoms with van der Waals surface area (Å²) in [5, 5.41) is 6.03. The maximum Gasteiger partial charge on any atom is 0.258 e. The summed E-state index contributed by atoms with van der Waals surface area (Å²) in [4.78, 5) is 16.7. The molecule has 1 aromatic heterocycles. The molecule has 1 aromatic carbocycles. The smallest absolute Gasteiger partial charge is 0.258 e. The number of amides is 1. The molecule has 0 bridgehead atoms. The van der Waals surface area contributed by atoms with Crippen molar-refractivity contribution in [3.05, 3.63) is 53.2 Å². The van der Waals surface area contributed by atoms with Crippen molar-refractivity contribution >= 4 is 17.4 Å². The number of nitrogens with zero attached hydrogens (tertiary/aromatic N) is 1. The first-order chi connectivity index (χ1) is 9.60. The van der Waals surface area contributed by atoms with Crippen molar-refractivity contribution in [1.29, 1.82) is 0 Å². The van der Waals surface area contributed by atoms with E-state index < -0.39 is 0 Å². The van der Waals surface area contributed by atoms with E-state index in [1.807, 2.05) is 51.1 Å². The molecular formula is C16H19N3O. The first kappa shape index (κ1) is 14.1. The Hall–Kier alpha value is -2.36. The molecule has 0 aliphatic rings. The lowest BCUT2D eigenvalue weighted by Gasteiger charge is -2.11. The molecule has 0 saturated carbocycles. The minimum atomic E-state index is -0.154. The van der Waals surface area contributed by atoms with E-state index in [4.69, 9.17) is 0 Å². The first-order valence-electron chi connectivity index (χ1n) is 6.69. The standard InChI is InChI=1S/C16H19N3O/c1-4-17-14-8-6-5-7-13(14)16(20)19-15-10-11(2)9-12(3)18-15/h5-10,17H,4H2,1-3H3,(H,18,19,20). The Morgan fingerprint density at radius 3 is 2.65 bits per heavy atom. The zero-order valence-electron chi connectivity index (χ0n) is 12.0. The van der Waals surface area contributed by atoms with Gasteiger partial charge in [-0.1, -0.05) is 12.1 Å². The monoisotopic (exact) mass is 269 g/mol. The summed E-state index contributed by atoms with van der Waals surface area (Å²) in [7, 11) is 0. The summed E-state index contributed by atoms with van der Waals surface area (Å²) in [6.07, 6.45) is 0. The zero-order chi connectivity index (χ0) is 14.5. The van der Waals surface area contributed by atoms with Crippen molar-refractivity contribution < 1.29 is 4.79 Å². The van der Waals surface area contributed by atoms with Crippen LogP contribution >= 0.6 is 0 Å². The van der Waals surface area contributed by atoms with E-state index in [1.165, 1.54) is 0 Å². The van der Waals surface area contributed by atoms with E-state index in [9.17, 15) is 4.79 Å². The Morgan fingerprint density at radius 1 is 1.20 bits per heavy atom. The number of hydrogen-bond acceptors (Lipinski definition) is 3. The van der Waals surface area contributed by atoms with Gasteiger partial charge in [-0.05, 0) is 50.6 Å². The Bertz CT molecular complexity index is 603. The van der Waals surface area contributed by atoms with Crippen LogP contribution in [0.3, 0.4) is 0 Å². The normalized spacial score (nSPS) is 10.2. The van der Waals surface area contributed by atoms with Gasteiger partial charge in [-0.15, -0.1) is 0 Å². The molecule has 0 radical (unpaired) electrons. The van der Waals surface area contributed by atoms with Crippen molar-refractivity contribution in [2.24, 2.45) is 0 Å². The van der Waals surface area contributed by atoms with Crippen LogP contribution in [-0.4, -0.2) is 17.4 Å². The number of hydrogen-bond donors (Lipinski definition) is 2. The second-order valence-corrected chi connectivity index (χ2v) is 4.70. The van der Waals surface area contributed by atoms with Gasteiger partial charge in [0.15, 0.2) is 0 Å². The lowest BCUT2D eigenvalue weighted by atomic mass is 10.1. The Morgan fingerprint density at radius 2 is 1.95 bits per heavy atom. The topological polar surface area (TPSA) is 54.0 Å². The largest absolute Gasteiger partial charge is 0.385 e. The Kier molecular flexibility index (Phi) is 4.35. The molecule has 2 N–H and O–H groups in total. The van der Waals surface area contributed by atoms with Gasteiger partial charge >= 0.3 is 0 Å². The molecule has 0 unspecified atom stereocenters. The van der Waals surface area contributed by atoms with Crippen molar-refractivity contribution in [3.8, 4) is 0 Å². The second kappa shape index (κ2) is 6.19. The molecule has 4 nitrogen and oxygen atoms in total. The molecule has 1 amide bonds. The maximum absolute atomic E-state index is 12.3. The van der Waals surface area contributed by atoms with Crippen LogP contribution in [0.2, 0.25) is 0 Å². The van der Waals surface area contributed by atoms with Crippen LogP contribution in [0.4, 0.5) is 11.5 Å². The highest BCUT2D eigenvalue weighted by Crippen LogP contribution is 2.17. The number of rotatable bonds is 4. The van der Waals surface area contributed by atoms with E-state index in [0.717, 1.165) is 23.5 Å². The molecule has 104 valence electrons. The van der Waals surface area contributed by atoms with Crippen molar-refractivity contribution in [2.45, 2.75) is 20.8 Å². The molecule has 1 heterocycles. The number of aryl methyl sites for hydroxylation is 2. The van der Waals surface area contributed by atoms with E-state index >= 15 is 0 Å². The number of nitrogens with one attached hydrogen (secondary N) is 2. The highest BCUT2D eigenvalue weighted by molar-refractivity contribution is 6.07. The first-order valence-corrected chi connectivity index (χ1v) is 6.69. The van der Waals surface area contributed by atoms with Crippen molar-refractivity contribution in [1.82, 2.24) is 4.98 Å². The average molecular weight is 269 g/mol. The van der Waals surface area contributed by atoms with E-state index in [0.29, 0.717) is 11.4 Å². The maximum atomic E-state index is 12.3. The third-order valence-electron chi connectivity index (χ3n) is 2.88. The summed E-state index contributed by atoms with van der Waals surface area (Å²) in [5.41, 5.74) is 3.42. The highest BCUT2D eigenvalue weighted by Gasteiger charge is 2.11. The molecule has 4 heteroatoms. The van der Waals surface area contributed by atoms with Gasteiger partial charge in [-0.3, -0.25) is 4.79 Å². The van der Waals surface area contributed by atoms with E-state index in [-0.39, 0.29) is 5.91 Å². The summed E-state index contributed by atoms with van der Waals surface area (Å²) >= 11 is 0. The third-order valence-corrected chi connectivity index (χ3v) is 2.88. The Labute approximate surface area is 119 Å². The van der Waals surface area contributed by atoms with Crippen LogP contribution < -0.4 is 10.6 Å². The molecule has 2 aromatic rings. The predicted molar refractivity (Wildman–Crippen MR) is 82.3 cm³/mol. The SMILES string of the molecule is CCNc1ccccc1C(=O)Nc1cc(C)cc(C)n1. The fourth-order valence-electron chi connectivity index (χ4n) is 2.11. The zero-order valence-corrected chi connectivity index (χ0v) is 12.0. The number of anilines is 2. The lowest BCUT2D eigenvalue weighted by Crippen LogP contribution is -2.15. The van der Waals surface area contributed by atoms with Gasteiger partial charge in [0.1, 0.15) is 5.82 Å². The summed E-state index contributed by atoms with van der Waals surface area (Å²) in [6, 6.07) is 11.3. The van der Waals surface area contributed by atoms with Gasteiger partial charge in [0.2, 0.25) is 0 Å². The molecule has 0 fully saturated rings. The van der Waals surface area contributed by atoms with E-state index in [2.05, 4.69) is 15.6 Å². The number of carbonyl (C=O) groups excluding carboxylic acids is 1. The van der Waals surface area contributed by atoms with Gasteiger partial charge in [-0.2, -0.15) is 0 Å². The molecule has 20 heavy (non-hydrogen) atoms. The fraction of sp³-hybridized carbons (Fsp3) is 0.250. The molecule has 0 saturated heterocycles. The van der Waals surface area contributed by atoms with Gasteiger partial charge in [0.25, 0.3) is 5.91 Å². The van der Waals surface area contributed by atoms with Gasteiger partial charge < -0.3 is 10.6 Å². The van der Waals surface area contributed by atoms with Crippen LogP contribution in [0.25, 0.3) is 0 Å². The average Bonchev–Trinajstić information content (AvgIpc) is 2.38. The molecule has 2 rings (SSSR count). The fourth-order valence-corrected chi connectivity index (χ4v) is 2.11. The molecular weight excluding hydrogens is 250 g/mol. The van der Waals surface area contributed by atoms with Crippen LogP contribution in [-0.2, 0) is 0 Å². The molecule has 0 aliphatic carbocycles. The number of aromatic nitrogens is 1. The van der Waals surface area contributed by atoms with E-state index in [1.54, 1.807) is 6.07 Å². The predicted octanol–water partition coefficient (Wildman–Crippen LogP) is 3.38. The third kappa shape index (κ3) is 3.35. The number of pyridine rings is 1. The van der Waals surface area contributed by atoms with Crippen molar-refractivity contribution in [2.75, 3.05) is 17.2 Å². The molecule has 0 spiro atoms. The number of para-hydroxylation sites is 1. The van der Waals surface area contributed by atoms with Crippen LogP contribution in [0.1, 0.15) is 28.5 Å². The lowest BCUT2D eigenvalue weighted by molar-refractivity contribution is 0.102. The van der Waals surface area contributed by atoms with Crippen LogP contribution in [0.15, 0.2) is 36.4 Å². The Balaban J connectivity index is 2.23. The number of carbonyl (C=O) groups is 1. The summed E-state index contributed by atoms with van der Waals surface area (Å²) in [6.45, 7) is 6.67. The molecule has 0 atom stereocenters. The van der Waals surface area contributed by atoms with Crippen molar-refractivity contribution in [3.63, 3.8) is 0 Å². The summed E-state index contributed by atoms with van der Waals surface area (Å²) in [5.74, 6) is 0.429. The minimum Gasteiger partial charge on any atom is -0.385 e. The number of benzene rings is 1. The van der Waals surface area contributed by atoms with Gasteiger partial charge in [0.05, 0.1) is 5.56 Å². The highest BCUT2D eigenvalue weighted by atomic mass is 16.1. The van der Waals surface area contributed by atoms with Gasteiger partial charge in [0, 0.05) is 17.9 Å². The molecule has 0 aliphatic heterocycles. The summed E-state index contributed by atoms with van der Waals surface area (Å²) < 4.78 is 0. The second-order valence-electron chi connectivity index (χ2n) is 4.70. The van der Waals surface area contributed by atoms with Crippen LogP contribution in [0.5, 0.6) is 0 Å². The quantitative estimate of drug-likeness (QED) is 0.894. The van der Waals surface area contributed by atoms with Crippen LogP contribution in [0, 0.1) is 13.8 Å².